The van der Waals surface area contributed by atoms with Gasteiger partial charge < -0.3 is 4.74 Å². The van der Waals surface area contributed by atoms with Crippen LogP contribution in [0.2, 0.25) is 0 Å². The predicted molar refractivity (Wildman–Crippen MR) is 98.3 cm³/mol. The van der Waals surface area contributed by atoms with Gasteiger partial charge in [0, 0.05) is 31.9 Å². The van der Waals surface area contributed by atoms with Crippen molar-refractivity contribution < 1.29 is 13.2 Å². The van der Waals surface area contributed by atoms with Gasteiger partial charge in [-0.3, -0.25) is 4.90 Å². The molecule has 4 rings (SSSR count). The van der Waals surface area contributed by atoms with Crippen LogP contribution in [0.5, 0.6) is 5.88 Å². The smallest absolute Gasteiger partial charge is 0.249 e. The minimum atomic E-state index is -3.65. The van der Waals surface area contributed by atoms with Gasteiger partial charge in [-0.1, -0.05) is 30.3 Å². The summed E-state index contributed by atoms with van der Waals surface area (Å²) in [6, 6.07) is 13.0. The van der Waals surface area contributed by atoms with Gasteiger partial charge in [-0.15, -0.1) is 0 Å². The molecular weight excluding hydrogens is 350 g/mol. The van der Waals surface area contributed by atoms with Crippen molar-refractivity contribution in [3.8, 4) is 5.88 Å². The van der Waals surface area contributed by atoms with Crippen LogP contribution in [0.1, 0.15) is 19.4 Å². The number of likely N-dealkylation sites (tertiary alicyclic amines) is 1. The predicted octanol–water partition coefficient (Wildman–Crippen LogP) is 2.13. The Hall–Kier alpha value is -1.96. The fraction of sp³-hybridized carbons (Fsp3) is 0.421. The van der Waals surface area contributed by atoms with Crippen LogP contribution in [0, 0.1) is 0 Å². The lowest BCUT2D eigenvalue weighted by Crippen LogP contribution is -2.50. The van der Waals surface area contributed by atoms with Gasteiger partial charge in [-0.2, -0.15) is 4.31 Å². The molecule has 1 aromatic heterocycles. The summed E-state index contributed by atoms with van der Waals surface area (Å²) in [6.07, 6.45) is 1.34. The molecule has 26 heavy (non-hydrogen) atoms. The molecule has 1 saturated heterocycles. The number of ether oxygens (including phenoxy) is 1. The van der Waals surface area contributed by atoms with E-state index in [9.17, 15) is 8.42 Å². The fourth-order valence-corrected chi connectivity index (χ4v) is 5.83. The molecule has 0 N–H and O–H groups in total. The second kappa shape index (κ2) is 6.64. The number of sulfonamides is 1. The van der Waals surface area contributed by atoms with Gasteiger partial charge >= 0.3 is 0 Å². The number of fused-ring (bicyclic) bond motifs is 2. The lowest BCUT2D eigenvalue weighted by molar-refractivity contribution is 0.135. The Bertz CT molecular complexity index is 886. The topological polar surface area (TPSA) is 62.7 Å². The minimum Gasteiger partial charge on any atom is -0.470 e. The van der Waals surface area contributed by atoms with Crippen molar-refractivity contribution in [2.45, 2.75) is 43.5 Å². The maximum Gasteiger partial charge on any atom is 0.249 e. The van der Waals surface area contributed by atoms with Crippen LogP contribution in [0.3, 0.4) is 0 Å². The first-order valence-corrected chi connectivity index (χ1v) is 10.3. The van der Waals surface area contributed by atoms with Crippen LogP contribution >= 0.6 is 0 Å². The molecule has 0 aliphatic carbocycles. The number of rotatable bonds is 3. The van der Waals surface area contributed by atoms with Crippen LogP contribution in [-0.4, -0.2) is 53.9 Å². The molecule has 1 fully saturated rings. The standard InChI is InChI=1S/C19H23N3O3S/c1-14(2)22-16-12-21(11-15-7-4-3-5-8-15)13-17(16)25-19-18(26(22,23)24)9-6-10-20-19/h3-10,14,16-17H,11-13H2,1-2H3/t16-,17-/m0/s1. The van der Waals surface area contributed by atoms with E-state index >= 15 is 0 Å². The molecule has 7 heteroatoms. The quantitative estimate of drug-likeness (QED) is 0.825. The first kappa shape index (κ1) is 17.5. The third kappa shape index (κ3) is 3.00. The molecule has 2 atom stereocenters. The molecule has 2 aromatic rings. The Balaban J connectivity index is 1.68. The highest BCUT2D eigenvalue weighted by atomic mass is 32.2. The van der Waals surface area contributed by atoms with Crippen molar-refractivity contribution in [1.82, 2.24) is 14.2 Å². The van der Waals surface area contributed by atoms with Crippen LogP contribution in [0.25, 0.3) is 0 Å². The van der Waals surface area contributed by atoms with E-state index in [0.29, 0.717) is 13.1 Å². The first-order valence-electron chi connectivity index (χ1n) is 8.88. The summed E-state index contributed by atoms with van der Waals surface area (Å²) in [7, 11) is -3.65. The van der Waals surface area contributed by atoms with E-state index < -0.39 is 10.0 Å². The molecule has 3 heterocycles. The highest BCUT2D eigenvalue weighted by Crippen LogP contribution is 2.36. The first-order chi connectivity index (χ1) is 12.5. The molecule has 2 aliphatic rings. The number of hydrogen-bond acceptors (Lipinski definition) is 5. The van der Waals surface area contributed by atoms with Gasteiger partial charge in [0.2, 0.25) is 15.9 Å². The Labute approximate surface area is 154 Å². The highest BCUT2D eigenvalue weighted by Gasteiger charge is 2.48. The van der Waals surface area contributed by atoms with E-state index in [1.807, 2.05) is 32.0 Å². The minimum absolute atomic E-state index is 0.154. The monoisotopic (exact) mass is 373 g/mol. The Morgan fingerprint density at radius 3 is 2.65 bits per heavy atom. The van der Waals surface area contributed by atoms with Crippen LogP contribution in [-0.2, 0) is 16.6 Å². The summed E-state index contributed by atoms with van der Waals surface area (Å²) in [6.45, 7) is 5.92. The van der Waals surface area contributed by atoms with Gasteiger partial charge in [0.25, 0.3) is 0 Å². The summed E-state index contributed by atoms with van der Waals surface area (Å²) in [5.41, 5.74) is 1.21. The molecule has 1 aromatic carbocycles. The fourth-order valence-electron chi connectivity index (χ4n) is 3.92. The van der Waals surface area contributed by atoms with Crippen LogP contribution in [0.15, 0.2) is 53.6 Å². The summed E-state index contributed by atoms with van der Waals surface area (Å²) in [5, 5.41) is 0. The normalized spacial score (nSPS) is 25.3. The second-order valence-electron chi connectivity index (χ2n) is 7.14. The lowest BCUT2D eigenvalue weighted by Gasteiger charge is -2.31. The van der Waals surface area contributed by atoms with Crippen molar-refractivity contribution in [2.75, 3.05) is 13.1 Å². The molecule has 138 valence electrons. The van der Waals surface area contributed by atoms with Crippen LogP contribution in [0.4, 0.5) is 0 Å². The molecular formula is C19H23N3O3S. The zero-order chi connectivity index (χ0) is 18.3. The van der Waals surface area contributed by atoms with E-state index in [1.54, 1.807) is 22.6 Å². The molecule has 0 unspecified atom stereocenters. The van der Waals surface area contributed by atoms with Gasteiger partial charge in [-0.25, -0.2) is 13.4 Å². The zero-order valence-corrected chi connectivity index (χ0v) is 15.8. The molecule has 0 radical (unpaired) electrons. The molecule has 0 saturated carbocycles. The number of benzene rings is 1. The largest absolute Gasteiger partial charge is 0.470 e. The molecule has 0 bridgehead atoms. The maximum absolute atomic E-state index is 13.3. The maximum atomic E-state index is 13.3. The third-order valence-electron chi connectivity index (χ3n) is 4.95. The van der Waals surface area contributed by atoms with Crippen LogP contribution < -0.4 is 4.74 Å². The Morgan fingerprint density at radius 1 is 1.15 bits per heavy atom. The van der Waals surface area contributed by atoms with Crippen molar-refractivity contribution in [3.05, 3.63) is 54.2 Å². The summed E-state index contributed by atoms with van der Waals surface area (Å²) < 4.78 is 34.2. The van der Waals surface area contributed by atoms with Crippen molar-refractivity contribution >= 4 is 10.0 Å². The van der Waals surface area contributed by atoms with E-state index in [4.69, 9.17) is 4.74 Å². The summed E-state index contributed by atoms with van der Waals surface area (Å²) in [5.74, 6) is 0.215. The highest BCUT2D eigenvalue weighted by molar-refractivity contribution is 7.89. The van der Waals surface area contributed by atoms with Gasteiger partial charge in [0.05, 0.1) is 6.04 Å². The molecule has 0 spiro atoms. The summed E-state index contributed by atoms with van der Waals surface area (Å²) >= 11 is 0. The second-order valence-corrected chi connectivity index (χ2v) is 8.95. The zero-order valence-electron chi connectivity index (χ0n) is 14.9. The number of pyridine rings is 1. The molecule has 0 amide bonds. The van der Waals surface area contributed by atoms with Crippen molar-refractivity contribution in [1.29, 1.82) is 0 Å². The van der Waals surface area contributed by atoms with E-state index in [2.05, 4.69) is 22.0 Å². The Morgan fingerprint density at radius 2 is 1.92 bits per heavy atom. The van der Waals surface area contributed by atoms with E-state index in [-0.39, 0.29) is 29.0 Å². The van der Waals surface area contributed by atoms with E-state index in [0.717, 1.165) is 6.54 Å². The van der Waals surface area contributed by atoms with E-state index in [1.165, 1.54) is 5.56 Å². The van der Waals surface area contributed by atoms with Gasteiger partial charge in [0.1, 0.15) is 11.0 Å². The van der Waals surface area contributed by atoms with Crippen molar-refractivity contribution in [3.63, 3.8) is 0 Å². The number of nitrogens with zero attached hydrogens (tertiary/aromatic N) is 3. The third-order valence-corrected chi connectivity index (χ3v) is 7.07. The van der Waals surface area contributed by atoms with Gasteiger partial charge in [0.15, 0.2) is 0 Å². The molecule has 6 nitrogen and oxygen atoms in total. The SMILES string of the molecule is CC(C)N1[C@H]2CN(Cc3ccccc3)C[C@@H]2Oc2ncccc2S1(=O)=O. The average molecular weight is 373 g/mol. The Kier molecular flexibility index (Phi) is 4.46. The lowest BCUT2D eigenvalue weighted by atomic mass is 10.2. The van der Waals surface area contributed by atoms with Crippen molar-refractivity contribution in [2.24, 2.45) is 0 Å². The number of aromatic nitrogens is 1. The molecule has 2 aliphatic heterocycles. The average Bonchev–Trinajstić information content (AvgIpc) is 2.93. The summed E-state index contributed by atoms with van der Waals surface area (Å²) in [4.78, 5) is 6.61. The number of hydrogen-bond donors (Lipinski definition) is 0. The van der Waals surface area contributed by atoms with Gasteiger partial charge in [-0.05, 0) is 31.5 Å².